The summed E-state index contributed by atoms with van der Waals surface area (Å²) in [6.45, 7) is 5.98. The molecule has 0 spiro atoms. The van der Waals surface area contributed by atoms with Crippen LogP contribution in [0.1, 0.15) is 20.3 Å². The number of hydrogen-bond acceptors (Lipinski definition) is 6. The molecular weight excluding hydrogens is 298 g/mol. The van der Waals surface area contributed by atoms with Gasteiger partial charge in [-0.25, -0.2) is 0 Å². The maximum Gasteiger partial charge on any atom is 0.273 e. The van der Waals surface area contributed by atoms with Crippen molar-refractivity contribution in [1.29, 1.82) is 5.26 Å². The maximum atomic E-state index is 10.7. The molecule has 7 nitrogen and oxygen atoms in total. The molecule has 0 saturated carbocycles. The molecule has 0 aromatic heterocycles. The van der Waals surface area contributed by atoms with Crippen molar-refractivity contribution in [2.75, 3.05) is 26.2 Å². The molecule has 0 aliphatic rings. The van der Waals surface area contributed by atoms with Crippen LogP contribution in [0.4, 0.5) is 5.69 Å². The van der Waals surface area contributed by atoms with Gasteiger partial charge in [0.2, 0.25) is 0 Å². The molecule has 1 aromatic rings. The molecule has 1 rings (SSSR count). The lowest BCUT2D eigenvalue weighted by Gasteiger charge is -2.25. The van der Waals surface area contributed by atoms with Crippen LogP contribution < -0.4 is 4.74 Å². The molecule has 0 aliphatic carbocycles. The van der Waals surface area contributed by atoms with Crippen LogP contribution in [0.15, 0.2) is 24.3 Å². The molecule has 23 heavy (non-hydrogen) atoms. The van der Waals surface area contributed by atoms with E-state index in [-0.39, 0.29) is 12.3 Å². The molecular formula is C16H23N3O4. The van der Waals surface area contributed by atoms with Gasteiger partial charge in [0.05, 0.1) is 17.1 Å². The highest BCUT2D eigenvalue weighted by molar-refractivity contribution is 5.37. The lowest BCUT2D eigenvalue weighted by atomic mass is 10.2. The maximum absolute atomic E-state index is 10.7. The zero-order chi connectivity index (χ0) is 17.2. The summed E-state index contributed by atoms with van der Waals surface area (Å²) in [5.74, 6) is 0.782. The molecule has 0 unspecified atom stereocenters. The molecule has 0 bridgehead atoms. The van der Waals surface area contributed by atoms with E-state index in [1.165, 1.54) is 18.2 Å². The van der Waals surface area contributed by atoms with E-state index in [4.69, 9.17) is 10.00 Å². The number of aliphatic hydroxyl groups excluding tert-OH is 1. The van der Waals surface area contributed by atoms with E-state index in [0.29, 0.717) is 31.2 Å². The topological polar surface area (TPSA) is 99.6 Å². The highest BCUT2D eigenvalue weighted by Gasteiger charge is 2.14. The molecule has 0 radical (unpaired) electrons. The Kier molecular flexibility index (Phi) is 8.02. The summed E-state index contributed by atoms with van der Waals surface area (Å²) < 4.78 is 5.42. The lowest BCUT2D eigenvalue weighted by Crippen LogP contribution is -2.38. The van der Waals surface area contributed by atoms with E-state index in [0.717, 1.165) is 6.54 Å². The smallest absolute Gasteiger partial charge is 0.273 e. The first-order chi connectivity index (χ1) is 10.9. The second-order valence-electron chi connectivity index (χ2n) is 5.78. The van der Waals surface area contributed by atoms with Gasteiger partial charge in [0.1, 0.15) is 18.5 Å². The van der Waals surface area contributed by atoms with Gasteiger partial charge in [0.15, 0.2) is 0 Å². The van der Waals surface area contributed by atoms with Gasteiger partial charge in [-0.3, -0.25) is 15.0 Å². The molecule has 0 fully saturated rings. The first-order valence-electron chi connectivity index (χ1n) is 7.57. The predicted molar refractivity (Wildman–Crippen MR) is 86.1 cm³/mol. The van der Waals surface area contributed by atoms with E-state index in [1.807, 2.05) is 4.90 Å². The number of non-ortho nitro benzene ring substituents is 1. The standard InChI is InChI=1S/C16H23N3O4/c1-13(2)10-18(8-4-7-17)11-15(20)12-23-16-6-3-5-14(9-16)19(21)22/h3,5-6,9,13,15,20H,4,8,10-12H2,1-2H3/t15-/m0/s1. The summed E-state index contributed by atoms with van der Waals surface area (Å²) in [7, 11) is 0. The predicted octanol–water partition coefficient (Wildman–Crippen LogP) is 2.21. The Morgan fingerprint density at radius 2 is 2.17 bits per heavy atom. The zero-order valence-electron chi connectivity index (χ0n) is 13.5. The van der Waals surface area contributed by atoms with Gasteiger partial charge in [-0.15, -0.1) is 0 Å². The number of nitrogens with zero attached hydrogens (tertiary/aromatic N) is 3. The van der Waals surface area contributed by atoms with E-state index in [9.17, 15) is 15.2 Å². The van der Waals surface area contributed by atoms with Crippen LogP contribution in [0.5, 0.6) is 5.75 Å². The minimum absolute atomic E-state index is 0.0440. The number of nitro benzene ring substituents is 1. The van der Waals surface area contributed by atoms with Crippen molar-refractivity contribution in [3.63, 3.8) is 0 Å². The SMILES string of the molecule is CC(C)CN(CCC#N)C[C@H](O)COc1cccc([N+](=O)[O-])c1. The first-order valence-corrected chi connectivity index (χ1v) is 7.57. The van der Waals surface area contributed by atoms with Gasteiger partial charge >= 0.3 is 0 Å². The molecule has 1 aromatic carbocycles. The van der Waals surface area contributed by atoms with E-state index in [1.54, 1.807) is 6.07 Å². The fourth-order valence-corrected chi connectivity index (χ4v) is 2.21. The molecule has 7 heteroatoms. The summed E-state index contributed by atoms with van der Waals surface area (Å²) in [4.78, 5) is 12.2. The second kappa shape index (κ2) is 9.77. The average molecular weight is 321 g/mol. The van der Waals surface area contributed by atoms with Crippen LogP contribution in [0.2, 0.25) is 0 Å². The molecule has 1 atom stereocenters. The van der Waals surface area contributed by atoms with Crippen molar-refractivity contribution in [1.82, 2.24) is 4.90 Å². The molecule has 0 heterocycles. The quantitative estimate of drug-likeness (QED) is 0.524. The van der Waals surface area contributed by atoms with Crippen molar-refractivity contribution in [2.24, 2.45) is 5.92 Å². The van der Waals surface area contributed by atoms with Gasteiger partial charge in [-0.05, 0) is 12.0 Å². The summed E-state index contributed by atoms with van der Waals surface area (Å²) in [6, 6.07) is 7.96. The second-order valence-corrected chi connectivity index (χ2v) is 5.78. The highest BCUT2D eigenvalue weighted by atomic mass is 16.6. The van der Waals surface area contributed by atoms with Gasteiger partial charge < -0.3 is 9.84 Å². The minimum Gasteiger partial charge on any atom is -0.491 e. The Labute approximate surface area is 136 Å². The Hall–Kier alpha value is -2.17. The summed E-state index contributed by atoms with van der Waals surface area (Å²) in [5.41, 5.74) is -0.0487. The molecule has 0 saturated heterocycles. The Bertz CT molecular complexity index is 542. The third-order valence-corrected chi connectivity index (χ3v) is 3.10. The van der Waals surface area contributed by atoms with Gasteiger partial charge in [0, 0.05) is 32.1 Å². The van der Waals surface area contributed by atoms with Crippen molar-refractivity contribution in [3.05, 3.63) is 34.4 Å². The minimum atomic E-state index is -0.730. The number of aliphatic hydroxyl groups is 1. The molecule has 0 amide bonds. The van der Waals surface area contributed by atoms with Crippen LogP contribution in [-0.2, 0) is 0 Å². The van der Waals surface area contributed by atoms with Crippen molar-refractivity contribution < 1.29 is 14.8 Å². The average Bonchev–Trinajstić information content (AvgIpc) is 2.50. The fourth-order valence-electron chi connectivity index (χ4n) is 2.21. The Morgan fingerprint density at radius 3 is 2.78 bits per heavy atom. The van der Waals surface area contributed by atoms with E-state index < -0.39 is 11.0 Å². The highest BCUT2D eigenvalue weighted by Crippen LogP contribution is 2.19. The van der Waals surface area contributed by atoms with Crippen molar-refractivity contribution >= 4 is 5.69 Å². The first kappa shape index (κ1) is 18.9. The van der Waals surface area contributed by atoms with Gasteiger partial charge in [-0.2, -0.15) is 5.26 Å². The third kappa shape index (κ3) is 7.58. The number of nitro groups is 1. The summed E-state index contributed by atoms with van der Waals surface area (Å²) in [6.07, 6.45) is -0.322. The van der Waals surface area contributed by atoms with Crippen molar-refractivity contribution in [2.45, 2.75) is 26.4 Å². The zero-order valence-corrected chi connectivity index (χ0v) is 13.5. The van der Waals surface area contributed by atoms with Crippen LogP contribution in [0, 0.1) is 27.4 Å². The molecule has 126 valence electrons. The van der Waals surface area contributed by atoms with Gasteiger partial charge in [0.25, 0.3) is 5.69 Å². The number of benzene rings is 1. The van der Waals surface area contributed by atoms with Crippen LogP contribution in [0.25, 0.3) is 0 Å². The van der Waals surface area contributed by atoms with E-state index >= 15 is 0 Å². The number of hydrogen-bond donors (Lipinski definition) is 1. The third-order valence-electron chi connectivity index (χ3n) is 3.10. The normalized spacial score (nSPS) is 12.2. The van der Waals surface area contributed by atoms with E-state index in [2.05, 4.69) is 19.9 Å². The van der Waals surface area contributed by atoms with Gasteiger partial charge in [-0.1, -0.05) is 19.9 Å². The lowest BCUT2D eigenvalue weighted by molar-refractivity contribution is -0.384. The monoisotopic (exact) mass is 321 g/mol. The summed E-state index contributed by atoms with van der Waals surface area (Å²) >= 11 is 0. The largest absolute Gasteiger partial charge is 0.491 e. The molecule has 1 N–H and O–H groups in total. The van der Waals surface area contributed by atoms with Crippen LogP contribution in [-0.4, -0.2) is 47.3 Å². The number of rotatable bonds is 10. The van der Waals surface area contributed by atoms with Crippen LogP contribution >= 0.6 is 0 Å². The Balaban J connectivity index is 2.51. The molecule has 0 aliphatic heterocycles. The van der Waals surface area contributed by atoms with Crippen molar-refractivity contribution in [3.8, 4) is 11.8 Å². The van der Waals surface area contributed by atoms with Crippen LogP contribution in [0.3, 0.4) is 0 Å². The summed E-state index contributed by atoms with van der Waals surface area (Å²) in [5, 5.41) is 29.5. The number of nitriles is 1. The fraction of sp³-hybridized carbons (Fsp3) is 0.562. The number of ether oxygens (including phenoxy) is 1. The Morgan fingerprint density at radius 1 is 1.43 bits per heavy atom.